The quantitative estimate of drug-likeness (QED) is 0.697. The van der Waals surface area contributed by atoms with E-state index in [4.69, 9.17) is 0 Å². The molecule has 1 atom stereocenters. The molecule has 1 unspecified atom stereocenters. The van der Waals surface area contributed by atoms with Crippen molar-refractivity contribution in [2.24, 2.45) is 5.92 Å². The van der Waals surface area contributed by atoms with Crippen LogP contribution in [-0.4, -0.2) is 36.3 Å². The van der Waals surface area contributed by atoms with E-state index in [1.54, 1.807) is 11.9 Å². The van der Waals surface area contributed by atoms with Crippen molar-refractivity contribution in [3.8, 4) is 0 Å². The van der Waals surface area contributed by atoms with Gasteiger partial charge in [0, 0.05) is 20.0 Å². The number of hydrogen-bond donors (Lipinski definition) is 1. The highest BCUT2D eigenvalue weighted by Crippen LogP contribution is 2.10. The predicted octanol–water partition coefficient (Wildman–Crippen LogP) is 0.379. The van der Waals surface area contributed by atoms with E-state index in [2.05, 4.69) is 5.32 Å². The molecule has 1 aliphatic heterocycles. The van der Waals surface area contributed by atoms with Crippen LogP contribution in [0.1, 0.15) is 26.7 Å². The van der Waals surface area contributed by atoms with Crippen LogP contribution in [-0.2, 0) is 9.59 Å². The molecule has 0 bridgehead atoms. The van der Waals surface area contributed by atoms with Crippen molar-refractivity contribution in [1.29, 1.82) is 0 Å². The van der Waals surface area contributed by atoms with Crippen LogP contribution in [0.25, 0.3) is 0 Å². The van der Waals surface area contributed by atoms with Gasteiger partial charge in [0.1, 0.15) is 6.04 Å². The third-order valence-corrected chi connectivity index (χ3v) is 2.39. The molecule has 1 heterocycles. The molecular formula is C10H18N2O2. The van der Waals surface area contributed by atoms with Crippen molar-refractivity contribution >= 4 is 11.8 Å². The first-order valence-corrected chi connectivity index (χ1v) is 5.05. The Morgan fingerprint density at radius 2 is 2.14 bits per heavy atom. The maximum Gasteiger partial charge on any atom is 0.244 e. The molecule has 1 saturated heterocycles. The van der Waals surface area contributed by atoms with E-state index in [0.717, 1.165) is 6.42 Å². The lowest BCUT2D eigenvalue weighted by molar-refractivity contribution is -0.132. The minimum atomic E-state index is -0.324. The topological polar surface area (TPSA) is 49.4 Å². The molecule has 0 saturated carbocycles. The summed E-state index contributed by atoms with van der Waals surface area (Å²) in [7, 11) is 1.75. The molecule has 0 aromatic heterocycles. The van der Waals surface area contributed by atoms with Crippen LogP contribution in [0.15, 0.2) is 0 Å². The zero-order chi connectivity index (χ0) is 10.7. The van der Waals surface area contributed by atoms with E-state index in [-0.39, 0.29) is 17.9 Å². The maximum absolute atomic E-state index is 11.7. The smallest absolute Gasteiger partial charge is 0.244 e. The number of nitrogens with zero attached hydrogens (tertiary/aromatic N) is 1. The second-order valence-corrected chi connectivity index (χ2v) is 4.26. The Kier molecular flexibility index (Phi) is 3.49. The molecule has 0 spiro atoms. The number of hydrogen-bond acceptors (Lipinski definition) is 2. The first-order valence-electron chi connectivity index (χ1n) is 5.05. The van der Waals surface area contributed by atoms with E-state index in [1.807, 2.05) is 13.8 Å². The van der Waals surface area contributed by atoms with Crippen molar-refractivity contribution in [2.75, 3.05) is 13.6 Å². The maximum atomic E-state index is 11.7. The summed E-state index contributed by atoms with van der Waals surface area (Å²) in [5.41, 5.74) is 0. The van der Waals surface area contributed by atoms with Gasteiger partial charge in [-0.1, -0.05) is 13.8 Å². The van der Waals surface area contributed by atoms with E-state index < -0.39 is 0 Å². The van der Waals surface area contributed by atoms with E-state index in [1.165, 1.54) is 0 Å². The zero-order valence-corrected chi connectivity index (χ0v) is 9.04. The van der Waals surface area contributed by atoms with Gasteiger partial charge in [0.2, 0.25) is 11.8 Å². The van der Waals surface area contributed by atoms with Gasteiger partial charge in [-0.15, -0.1) is 0 Å². The Hall–Kier alpha value is -1.06. The number of nitrogens with one attached hydrogen (secondary N) is 1. The molecular weight excluding hydrogens is 180 g/mol. The van der Waals surface area contributed by atoms with Crippen LogP contribution >= 0.6 is 0 Å². The molecule has 4 nitrogen and oxygen atoms in total. The van der Waals surface area contributed by atoms with Crippen molar-refractivity contribution in [1.82, 2.24) is 10.2 Å². The fraction of sp³-hybridized carbons (Fsp3) is 0.800. The van der Waals surface area contributed by atoms with Gasteiger partial charge in [-0.2, -0.15) is 0 Å². The average molecular weight is 198 g/mol. The molecule has 0 aliphatic carbocycles. The average Bonchev–Trinajstić information content (AvgIpc) is 2.19. The van der Waals surface area contributed by atoms with Crippen LogP contribution in [0, 0.1) is 5.92 Å². The van der Waals surface area contributed by atoms with Gasteiger partial charge in [-0.3, -0.25) is 9.59 Å². The number of likely N-dealkylation sites (N-methyl/N-ethyl adjacent to an activating group) is 1. The van der Waals surface area contributed by atoms with Crippen molar-refractivity contribution in [3.63, 3.8) is 0 Å². The third-order valence-electron chi connectivity index (χ3n) is 2.39. The Balaban J connectivity index is 2.68. The molecule has 14 heavy (non-hydrogen) atoms. The van der Waals surface area contributed by atoms with Crippen molar-refractivity contribution < 1.29 is 9.59 Å². The van der Waals surface area contributed by atoms with Crippen LogP contribution in [0.3, 0.4) is 0 Å². The van der Waals surface area contributed by atoms with Gasteiger partial charge in [0.15, 0.2) is 0 Å². The first-order chi connectivity index (χ1) is 6.50. The highest BCUT2D eigenvalue weighted by Gasteiger charge is 2.27. The Bertz CT molecular complexity index is 238. The lowest BCUT2D eigenvalue weighted by atomic mass is 10.0. The van der Waals surface area contributed by atoms with E-state index >= 15 is 0 Å². The SMILES string of the molecule is CC(C)CC1NC(=O)CCN(C)C1=O. The summed E-state index contributed by atoms with van der Waals surface area (Å²) in [5.74, 6) is 0.425. The third kappa shape index (κ3) is 2.72. The Labute approximate surface area is 84.7 Å². The summed E-state index contributed by atoms with van der Waals surface area (Å²) >= 11 is 0. The fourth-order valence-electron chi connectivity index (χ4n) is 1.60. The number of rotatable bonds is 2. The van der Waals surface area contributed by atoms with E-state index in [0.29, 0.717) is 18.9 Å². The summed E-state index contributed by atoms with van der Waals surface area (Å²) in [4.78, 5) is 24.6. The standard InChI is InChI=1S/C10H18N2O2/c1-7(2)6-8-10(14)12(3)5-4-9(13)11-8/h7-8H,4-6H2,1-3H3,(H,11,13). The summed E-state index contributed by atoms with van der Waals surface area (Å²) in [6.07, 6.45) is 1.13. The summed E-state index contributed by atoms with van der Waals surface area (Å²) in [6.45, 7) is 4.62. The van der Waals surface area contributed by atoms with Crippen LogP contribution in [0.5, 0.6) is 0 Å². The minimum Gasteiger partial charge on any atom is -0.344 e. The van der Waals surface area contributed by atoms with Crippen LogP contribution in [0.4, 0.5) is 0 Å². The molecule has 2 amide bonds. The highest BCUT2D eigenvalue weighted by atomic mass is 16.2. The Morgan fingerprint density at radius 1 is 1.50 bits per heavy atom. The highest BCUT2D eigenvalue weighted by molar-refractivity contribution is 5.89. The van der Waals surface area contributed by atoms with Gasteiger partial charge >= 0.3 is 0 Å². The van der Waals surface area contributed by atoms with Crippen LogP contribution < -0.4 is 5.32 Å². The molecule has 1 fully saturated rings. The molecule has 1 N–H and O–H groups in total. The molecule has 4 heteroatoms. The second kappa shape index (κ2) is 4.44. The molecule has 0 aromatic carbocycles. The molecule has 1 rings (SSSR count). The molecule has 0 radical (unpaired) electrons. The molecule has 1 aliphatic rings. The number of carbonyl (C=O) groups is 2. The predicted molar refractivity (Wildman–Crippen MR) is 53.6 cm³/mol. The van der Waals surface area contributed by atoms with Crippen molar-refractivity contribution in [2.45, 2.75) is 32.7 Å². The van der Waals surface area contributed by atoms with Gasteiger partial charge in [-0.05, 0) is 12.3 Å². The van der Waals surface area contributed by atoms with Gasteiger partial charge in [0.25, 0.3) is 0 Å². The lowest BCUT2D eigenvalue weighted by Gasteiger charge is -2.21. The van der Waals surface area contributed by atoms with Crippen molar-refractivity contribution in [3.05, 3.63) is 0 Å². The molecule has 0 aromatic rings. The van der Waals surface area contributed by atoms with E-state index in [9.17, 15) is 9.59 Å². The number of amides is 2. The first kappa shape index (κ1) is 11.0. The number of carbonyl (C=O) groups excluding carboxylic acids is 2. The van der Waals surface area contributed by atoms with Crippen LogP contribution in [0.2, 0.25) is 0 Å². The second-order valence-electron chi connectivity index (χ2n) is 4.26. The summed E-state index contributed by atoms with van der Waals surface area (Å²) in [5, 5.41) is 2.76. The van der Waals surface area contributed by atoms with Gasteiger partial charge in [-0.25, -0.2) is 0 Å². The van der Waals surface area contributed by atoms with Gasteiger partial charge < -0.3 is 10.2 Å². The lowest BCUT2D eigenvalue weighted by Crippen LogP contribution is -2.44. The van der Waals surface area contributed by atoms with Gasteiger partial charge in [0.05, 0.1) is 0 Å². The monoisotopic (exact) mass is 198 g/mol. The summed E-state index contributed by atoms with van der Waals surface area (Å²) < 4.78 is 0. The Morgan fingerprint density at radius 3 is 2.71 bits per heavy atom. The zero-order valence-electron chi connectivity index (χ0n) is 9.04. The summed E-state index contributed by atoms with van der Waals surface area (Å²) in [6, 6.07) is -0.324. The molecule has 80 valence electrons. The fourth-order valence-corrected chi connectivity index (χ4v) is 1.60. The largest absolute Gasteiger partial charge is 0.344 e. The minimum absolute atomic E-state index is 0.0200. The normalized spacial score (nSPS) is 23.7.